The zero-order valence-electron chi connectivity index (χ0n) is 15.4. The molecule has 0 spiro atoms. The third kappa shape index (κ3) is 5.13. The molecule has 1 fully saturated rings. The van der Waals surface area contributed by atoms with Gasteiger partial charge in [0.2, 0.25) is 5.91 Å². The molecule has 1 aliphatic carbocycles. The van der Waals surface area contributed by atoms with Gasteiger partial charge in [0.05, 0.1) is 6.54 Å². The highest BCUT2D eigenvalue weighted by atomic mass is 16.2. The molecular weight excluding hydrogens is 320 g/mol. The molecule has 0 bridgehead atoms. The Kier molecular flexibility index (Phi) is 6.33. The van der Waals surface area contributed by atoms with Crippen molar-refractivity contribution in [3.8, 4) is 11.8 Å². The number of nitrogens with zero attached hydrogens (tertiary/aromatic N) is 1. The van der Waals surface area contributed by atoms with Crippen molar-refractivity contribution in [3.63, 3.8) is 0 Å². The molecule has 26 heavy (non-hydrogen) atoms. The minimum absolute atomic E-state index is 0.151. The van der Waals surface area contributed by atoms with Crippen molar-refractivity contribution >= 4 is 11.6 Å². The Morgan fingerprint density at radius 3 is 2.46 bits per heavy atom. The molecule has 1 saturated carbocycles. The van der Waals surface area contributed by atoms with Crippen LogP contribution >= 0.6 is 0 Å². The number of carbonyl (C=O) groups excluding carboxylic acids is 1. The van der Waals surface area contributed by atoms with Crippen LogP contribution in [0.25, 0.3) is 0 Å². The number of hydrogen-bond donors (Lipinski definition) is 1. The van der Waals surface area contributed by atoms with Crippen molar-refractivity contribution < 1.29 is 4.79 Å². The Balaban J connectivity index is 1.57. The number of nitrogens with one attached hydrogen (secondary N) is 1. The van der Waals surface area contributed by atoms with Gasteiger partial charge in [0.1, 0.15) is 0 Å². The summed E-state index contributed by atoms with van der Waals surface area (Å²) in [4.78, 5) is 14.4. The van der Waals surface area contributed by atoms with Gasteiger partial charge < -0.3 is 10.2 Å². The van der Waals surface area contributed by atoms with Gasteiger partial charge >= 0.3 is 0 Å². The van der Waals surface area contributed by atoms with Crippen molar-refractivity contribution in [2.45, 2.75) is 38.1 Å². The Labute approximate surface area is 156 Å². The zero-order chi connectivity index (χ0) is 18.2. The van der Waals surface area contributed by atoms with Crippen LogP contribution in [0.1, 0.15) is 43.2 Å². The molecule has 3 rings (SSSR count). The molecule has 0 unspecified atom stereocenters. The van der Waals surface area contributed by atoms with E-state index in [2.05, 4.69) is 17.2 Å². The lowest BCUT2D eigenvalue weighted by molar-refractivity contribution is -0.130. The lowest BCUT2D eigenvalue weighted by atomic mass is 9.94. The van der Waals surface area contributed by atoms with E-state index in [9.17, 15) is 4.79 Å². The Hall–Kier alpha value is -2.73. The molecule has 2 aromatic carbocycles. The summed E-state index contributed by atoms with van der Waals surface area (Å²) in [5.41, 5.74) is 2.86. The smallest absolute Gasteiger partial charge is 0.241 e. The van der Waals surface area contributed by atoms with Gasteiger partial charge in [-0.1, -0.05) is 55.4 Å². The minimum atomic E-state index is 0.151. The van der Waals surface area contributed by atoms with E-state index in [-0.39, 0.29) is 5.91 Å². The summed E-state index contributed by atoms with van der Waals surface area (Å²) in [5.74, 6) is 6.49. The fourth-order valence-corrected chi connectivity index (χ4v) is 3.35. The highest BCUT2D eigenvalue weighted by molar-refractivity contribution is 5.81. The molecule has 3 nitrogen and oxygen atoms in total. The first-order valence-electron chi connectivity index (χ1n) is 9.39. The number of anilines is 1. The van der Waals surface area contributed by atoms with Gasteiger partial charge in [0, 0.05) is 29.9 Å². The molecule has 1 aliphatic rings. The third-order valence-corrected chi connectivity index (χ3v) is 4.95. The average Bonchev–Trinajstić information content (AvgIpc) is 2.71. The van der Waals surface area contributed by atoms with Crippen LogP contribution in [0.2, 0.25) is 0 Å². The number of hydrogen-bond acceptors (Lipinski definition) is 2. The molecule has 3 heteroatoms. The highest BCUT2D eigenvalue weighted by Crippen LogP contribution is 2.21. The quantitative estimate of drug-likeness (QED) is 0.838. The normalized spacial score (nSPS) is 14.2. The van der Waals surface area contributed by atoms with Crippen LogP contribution in [0, 0.1) is 11.8 Å². The van der Waals surface area contributed by atoms with Crippen molar-refractivity contribution in [1.82, 2.24) is 4.90 Å². The van der Waals surface area contributed by atoms with Crippen molar-refractivity contribution in [3.05, 3.63) is 65.7 Å². The van der Waals surface area contributed by atoms with Gasteiger partial charge in [0.15, 0.2) is 0 Å². The van der Waals surface area contributed by atoms with E-state index in [1.165, 1.54) is 19.3 Å². The number of benzene rings is 2. The number of rotatable bonds is 4. The summed E-state index contributed by atoms with van der Waals surface area (Å²) < 4.78 is 0. The minimum Gasteiger partial charge on any atom is -0.376 e. The Morgan fingerprint density at radius 2 is 1.69 bits per heavy atom. The SMILES string of the molecule is CN(C(=O)CNc1cccc(C#Cc2ccccc2)c1)C1CCCCC1. The molecular formula is C23H26N2O. The van der Waals surface area contributed by atoms with Gasteiger partial charge in [-0.15, -0.1) is 0 Å². The number of carbonyl (C=O) groups is 1. The summed E-state index contributed by atoms with van der Waals surface area (Å²) in [6.07, 6.45) is 6.03. The maximum atomic E-state index is 12.4. The second-order valence-electron chi connectivity index (χ2n) is 6.85. The molecule has 2 aromatic rings. The summed E-state index contributed by atoms with van der Waals surface area (Å²) in [6.45, 7) is 0.322. The van der Waals surface area contributed by atoms with Gasteiger partial charge in [-0.3, -0.25) is 4.79 Å². The molecule has 0 aromatic heterocycles. The van der Waals surface area contributed by atoms with E-state index in [0.29, 0.717) is 12.6 Å². The third-order valence-electron chi connectivity index (χ3n) is 4.95. The maximum Gasteiger partial charge on any atom is 0.241 e. The molecule has 0 aliphatic heterocycles. The molecule has 0 atom stereocenters. The first-order chi connectivity index (χ1) is 12.7. The van der Waals surface area contributed by atoms with Crippen molar-refractivity contribution in [1.29, 1.82) is 0 Å². The summed E-state index contributed by atoms with van der Waals surface area (Å²) in [6, 6.07) is 18.3. The van der Waals surface area contributed by atoms with Crippen LogP contribution in [-0.4, -0.2) is 30.4 Å². The first-order valence-corrected chi connectivity index (χ1v) is 9.39. The van der Waals surface area contributed by atoms with Crippen molar-refractivity contribution in [2.24, 2.45) is 0 Å². The standard InChI is InChI=1S/C23H26N2O/c1-25(22-13-6-3-7-14-22)23(26)18-24-21-12-8-11-20(17-21)16-15-19-9-4-2-5-10-19/h2,4-5,8-12,17,22,24H,3,6-7,13-14,18H2,1H3. The van der Waals surface area contributed by atoms with Crippen LogP contribution < -0.4 is 5.32 Å². The number of likely N-dealkylation sites (N-methyl/N-ethyl adjacent to an activating group) is 1. The lowest BCUT2D eigenvalue weighted by Gasteiger charge is -2.31. The topological polar surface area (TPSA) is 32.3 Å². The molecule has 0 radical (unpaired) electrons. The summed E-state index contributed by atoms with van der Waals surface area (Å²) in [7, 11) is 1.93. The van der Waals surface area contributed by atoms with Crippen LogP contribution in [0.4, 0.5) is 5.69 Å². The summed E-state index contributed by atoms with van der Waals surface area (Å²) >= 11 is 0. The highest BCUT2D eigenvalue weighted by Gasteiger charge is 2.21. The van der Waals surface area contributed by atoms with Crippen LogP contribution in [-0.2, 0) is 4.79 Å². The van der Waals surface area contributed by atoms with E-state index in [4.69, 9.17) is 0 Å². The van der Waals surface area contributed by atoms with Crippen molar-refractivity contribution in [2.75, 3.05) is 18.9 Å². The molecule has 0 heterocycles. The van der Waals surface area contributed by atoms with Gasteiger partial charge in [0.25, 0.3) is 0 Å². The van der Waals surface area contributed by atoms with E-state index >= 15 is 0 Å². The zero-order valence-corrected chi connectivity index (χ0v) is 15.4. The average molecular weight is 346 g/mol. The summed E-state index contributed by atoms with van der Waals surface area (Å²) in [5, 5.41) is 3.24. The molecule has 134 valence electrons. The lowest BCUT2D eigenvalue weighted by Crippen LogP contribution is -2.41. The maximum absolute atomic E-state index is 12.4. The van der Waals surface area contributed by atoms with E-state index in [1.807, 2.05) is 66.5 Å². The molecule has 0 saturated heterocycles. The van der Waals surface area contributed by atoms with Crippen LogP contribution in [0.15, 0.2) is 54.6 Å². The fourth-order valence-electron chi connectivity index (χ4n) is 3.35. The largest absolute Gasteiger partial charge is 0.376 e. The first kappa shape index (κ1) is 18.1. The second kappa shape index (κ2) is 9.10. The van der Waals surface area contributed by atoms with Crippen LogP contribution in [0.5, 0.6) is 0 Å². The van der Waals surface area contributed by atoms with Gasteiger partial charge in [-0.05, 0) is 43.2 Å². The fraction of sp³-hybridized carbons (Fsp3) is 0.348. The van der Waals surface area contributed by atoms with Gasteiger partial charge in [-0.2, -0.15) is 0 Å². The van der Waals surface area contributed by atoms with E-state index in [1.54, 1.807) is 0 Å². The molecule has 1 N–H and O–H groups in total. The van der Waals surface area contributed by atoms with Gasteiger partial charge in [-0.25, -0.2) is 0 Å². The number of amides is 1. The molecule has 1 amide bonds. The van der Waals surface area contributed by atoms with E-state index in [0.717, 1.165) is 29.7 Å². The Bertz CT molecular complexity index is 783. The Morgan fingerprint density at radius 1 is 1.00 bits per heavy atom. The monoisotopic (exact) mass is 346 g/mol. The predicted octanol–water partition coefficient (Wildman–Crippen LogP) is 4.29. The van der Waals surface area contributed by atoms with Crippen LogP contribution in [0.3, 0.4) is 0 Å². The van der Waals surface area contributed by atoms with E-state index < -0.39 is 0 Å². The second-order valence-corrected chi connectivity index (χ2v) is 6.85. The predicted molar refractivity (Wildman–Crippen MR) is 107 cm³/mol.